The first-order valence-corrected chi connectivity index (χ1v) is 8.03. The molecule has 0 unspecified atom stereocenters. The van der Waals surface area contributed by atoms with Crippen molar-refractivity contribution in [2.45, 2.75) is 26.3 Å². The molecule has 0 aliphatic rings. The van der Waals surface area contributed by atoms with Crippen LogP contribution in [0.2, 0.25) is 0 Å². The number of aromatic hydroxyl groups is 1. The molecule has 2 aromatic heterocycles. The molecule has 3 rings (SSSR count). The van der Waals surface area contributed by atoms with E-state index < -0.39 is 11.8 Å². The summed E-state index contributed by atoms with van der Waals surface area (Å²) in [6.07, 6.45) is 1.62. The Kier molecular flexibility index (Phi) is 4.23. The van der Waals surface area contributed by atoms with E-state index in [-0.39, 0.29) is 28.1 Å². The van der Waals surface area contributed by atoms with Gasteiger partial charge in [-0.3, -0.25) is 4.79 Å². The number of carbonyl (C=O) groups excluding carboxylic acids is 2. The zero-order valence-electron chi connectivity index (χ0n) is 15.0. The van der Waals surface area contributed by atoms with Gasteiger partial charge in [-0.2, -0.15) is 0 Å². The van der Waals surface area contributed by atoms with Crippen LogP contribution in [0, 0.1) is 0 Å². The summed E-state index contributed by atoms with van der Waals surface area (Å²) in [5, 5.41) is 9.98. The number of imidazole rings is 1. The van der Waals surface area contributed by atoms with E-state index in [1.807, 2.05) is 25.3 Å². The fourth-order valence-electron chi connectivity index (χ4n) is 2.67. The molecule has 7 heteroatoms. The number of pyridine rings is 1. The number of hydrogen-bond acceptors (Lipinski definition) is 6. The van der Waals surface area contributed by atoms with E-state index in [0.29, 0.717) is 11.2 Å². The summed E-state index contributed by atoms with van der Waals surface area (Å²) in [6, 6.07) is 7.64. The molecule has 0 atom stereocenters. The van der Waals surface area contributed by atoms with Crippen LogP contribution >= 0.6 is 0 Å². The topological polar surface area (TPSA) is 94.3 Å². The van der Waals surface area contributed by atoms with Gasteiger partial charge in [0.15, 0.2) is 17.1 Å². The molecule has 26 heavy (non-hydrogen) atoms. The molecule has 0 saturated carbocycles. The van der Waals surface area contributed by atoms with Gasteiger partial charge in [-0.15, -0.1) is 0 Å². The molecular formula is C19H19N3O4. The van der Waals surface area contributed by atoms with E-state index in [0.717, 1.165) is 0 Å². The standard InChI is InChI=1S/C19H19N3O4/c1-19(2,3)22-10-20-13-9-12(15(18(25)26-4)21-17(13)22)16(24)11-7-5-6-8-14(11)23/h5-10,23H,1-4H3. The van der Waals surface area contributed by atoms with Gasteiger partial charge in [-0.05, 0) is 39.0 Å². The minimum Gasteiger partial charge on any atom is -0.507 e. The van der Waals surface area contributed by atoms with E-state index >= 15 is 0 Å². The highest BCUT2D eigenvalue weighted by atomic mass is 16.5. The van der Waals surface area contributed by atoms with Crippen molar-refractivity contribution in [1.82, 2.24) is 14.5 Å². The third kappa shape index (κ3) is 2.92. The van der Waals surface area contributed by atoms with Crippen molar-refractivity contribution in [1.29, 1.82) is 0 Å². The number of carbonyl (C=O) groups is 2. The minimum absolute atomic E-state index is 0.0324. The Balaban J connectivity index is 2.26. The molecule has 0 fully saturated rings. The summed E-state index contributed by atoms with van der Waals surface area (Å²) in [4.78, 5) is 33.8. The number of benzene rings is 1. The number of ether oxygens (including phenoxy) is 1. The summed E-state index contributed by atoms with van der Waals surface area (Å²) in [5.74, 6) is -1.43. The minimum atomic E-state index is -0.729. The van der Waals surface area contributed by atoms with Gasteiger partial charge >= 0.3 is 5.97 Å². The van der Waals surface area contributed by atoms with Crippen molar-refractivity contribution >= 4 is 22.9 Å². The maximum atomic E-state index is 12.9. The predicted molar refractivity (Wildman–Crippen MR) is 95.4 cm³/mol. The number of esters is 1. The zero-order valence-corrected chi connectivity index (χ0v) is 15.0. The average Bonchev–Trinajstić information content (AvgIpc) is 3.03. The Hall–Kier alpha value is -3.22. The van der Waals surface area contributed by atoms with Crippen LogP contribution in [-0.2, 0) is 10.3 Å². The van der Waals surface area contributed by atoms with E-state index in [9.17, 15) is 14.7 Å². The lowest BCUT2D eigenvalue weighted by molar-refractivity contribution is 0.0591. The second-order valence-corrected chi connectivity index (χ2v) is 6.85. The normalized spacial score (nSPS) is 11.5. The first-order chi connectivity index (χ1) is 12.2. The highest BCUT2D eigenvalue weighted by Gasteiger charge is 2.26. The van der Waals surface area contributed by atoms with E-state index in [1.165, 1.54) is 25.3 Å². The summed E-state index contributed by atoms with van der Waals surface area (Å²) >= 11 is 0. The molecule has 2 heterocycles. The van der Waals surface area contributed by atoms with E-state index in [2.05, 4.69) is 9.97 Å². The third-order valence-electron chi connectivity index (χ3n) is 4.02. The van der Waals surface area contributed by atoms with E-state index in [4.69, 9.17) is 4.74 Å². The van der Waals surface area contributed by atoms with Gasteiger partial charge in [0.25, 0.3) is 0 Å². The van der Waals surface area contributed by atoms with Gasteiger partial charge in [0, 0.05) is 5.54 Å². The van der Waals surface area contributed by atoms with Crippen LogP contribution < -0.4 is 0 Å². The molecule has 0 bridgehead atoms. The quantitative estimate of drug-likeness (QED) is 0.575. The number of ketones is 1. The van der Waals surface area contributed by atoms with Gasteiger partial charge in [0.05, 0.1) is 24.6 Å². The molecule has 134 valence electrons. The van der Waals surface area contributed by atoms with Crippen LogP contribution in [0.4, 0.5) is 0 Å². The predicted octanol–water partition coefficient (Wildman–Crippen LogP) is 2.91. The lowest BCUT2D eigenvalue weighted by atomic mass is 10.0. The number of aromatic nitrogens is 3. The number of para-hydroxylation sites is 1. The molecule has 1 aromatic carbocycles. The molecule has 0 spiro atoms. The van der Waals surface area contributed by atoms with Gasteiger partial charge in [0.2, 0.25) is 0 Å². The summed E-state index contributed by atoms with van der Waals surface area (Å²) in [6.45, 7) is 5.94. The number of fused-ring (bicyclic) bond motifs is 1. The van der Waals surface area contributed by atoms with E-state index in [1.54, 1.807) is 18.5 Å². The molecule has 1 N–H and O–H groups in total. The molecule has 0 amide bonds. The fourth-order valence-corrected chi connectivity index (χ4v) is 2.67. The van der Waals surface area contributed by atoms with Crippen LogP contribution in [-0.4, -0.2) is 38.5 Å². The highest BCUT2D eigenvalue weighted by molar-refractivity contribution is 6.16. The van der Waals surface area contributed by atoms with Gasteiger partial charge < -0.3 is 14.4 Å². The second kappa shape index (κ2) is 6.25. The summed E-state index contributed by atoms with van der Waals surface area (Å²) in [7, 11) is 1.23. The van der Waals surface area contributed by atoms with Crippen molar-refractivity contribution < 1.29 is 19.4 Å². The summed E-state index contributed by atoms with van der Waals surface area (Å²) < 4.78 is 6.62. The molecule has 0 radical (unpaired) electrons. The van der Waals surface area contributed by atoms with Crippen molar-refractivity contribution in [3.8, 4) is 5.75 Å². The molecule has 0 aliphatic carbocycles. The molecule has 0 saturated heterocycles. The van der Waals surface area contributed by atoms with Crippen molar-refractivity contribution in [2.75, 3.05) is 7.11 Å². The number of methoxy groups -OCH3 is 1. The number of phenols is 1. The lowest BCUT2D eigenvalue weighted by Crippen LogP contribution is -2.22. The smallest absolute Gasteiger partial charge is 0.357 e. The molecule has 3 aromatic rings. The number of hydrogen-bond donors (Lipinski definition) is 1. The van der Waals surface area contributed by atoms with Crippen LogP contribution in [0.5, 0.6) is 5.75 Å². The second-order valence-electron chi connectivity index (χ2n) is 6.85. The van der Waals surface area contributed by atoms with Crippen molar-refractivity contribution in [2.24, 2.45) is 0 Å². The van der Waals surface area contributed by atoms with Crippen LogP contribution in [0.3, 0.4) is 0 Å². The molecular weight excluding hydrogens is 334 g/mol. The van der Waals surface area contributed by atoms with Gasteiger partial charge in [-0.1, -0.05) is 12.1 Å². The Bertz CT molecular complexity index is 1020. The first-order valence-electron chi connectivity index (χ1n) is 8.03. The number of nitrogens with zero attached hydrogens (tertiary/aromatic N) is 3. The maximum absolute atomic E-state index is 12.9. The Morgan fingerprint density at radius 3 is 2.46 bits per heavy atom. The maximum Gasteiger partial charge on any atom is 0.357 e. The van der Waals surface area contributed by atoms with Gasteiger partial charge in [0.1, 0.15) is 11.3 Å². The lowest BCUT2D eigenvalue weighted by Gasteiger charge is -2.21. The van der Waals surface area contributed by atoms with Gasteiger partial charge in [-0.25, -0.2) is 14.8 Å². The van der Waals surface area contributed by atoms with Crippen LogP contribution in [0.25, 0.3) is 11.2 Å². The first kappa shape index (κ1) is 17.6. The van der Waals surface area contributed by atoms with Crippen molar-refractivity contribution in [3.05, 3.63) is 53.5 Å². The largest absolute Gasteiger partial charge is 0.507 e. The average molecular weight is 353 g/mol. The number of rotatable bonds is 3. The Labute approximate surface area is 150 Å². The SMILES string of the molecule is COC(=O)c1nc2c(cc1C(=O)c1ccccc1O)ncn2C(C)(C)C. The van der Waals surface area contributed by atoms with Crippen molar-refractivity contribution in [3.63, 3.8) is 0 Å². The Morgan fingerprint density at radius 2 is 1.85 bits per heavy atom. The zero-order chi connectivity index (χ0) is 19.1. The Morgan fingerprint density at radius 1 is 1.15 bits per heavy atom. The monoisotopic (exact) mass is 353 g/mol. The number of phenolic OH excluding ortho intramolecular Hbond substituents is 1. The van der Waals surface area contributed by atoms with Crippen LogP contribution in [0.15, 0.2) is 36.7 Å². The van der Waals surface area contributed by atoms with Crippen LogP contribution in [0.1, 0.15) is 47.2 Å². The highest BCUT2D eigenvalue weighted by Crippen LogP contribution is 2.26. The summed E-state index contributed by atoms with van der Waals surface area (Å²) in [5.41, 5.74) is 0.648. The molecule has 7 nitrogen and oxygen atoms in total. The molecule has 0 aliphatic heterocycles. The third-order valence-corrected chi connectivity index (χ3v) is 4.02. The fraction of sp³-hybridized carbons (Fsp3) is 0.263.